The van der Waals surface area contributed by atoms with Gasteiger partial charge in [0.1, 0.15) is 5.54 Å². The van der Waals surface area contributed by atoms with Gasteiger partial charge in [-0.2, -0.15) is 13.2 Å². The molecule has 1 aromatic rings. The Kier molecular flexibility index (Phi) is 4.51. The summed E-state index contributed by atoms with van der Waals surface area (Å²) in [6, 6.07) is 2.92. The number of nitrogens with one attached hydrogen (secondary N) is 4. The zero-order chi connectivity index (χ0) is 18.9. The van der Waals surface area contributed by atoms with E-state index in [-0.39, 0.29) is 18.2 Å². The van der Waals surface area contributed by atoms with Crippen molar-refractivity contribution in [2.75, 3.05) is 11.9 Å². The molecule has 4 N–H and O–H groups in total. The Labute approximate surface area is 146 Å². The van der Waals surface area contributed by atoms with Gasteiger partial charge in [-0.05, 0) is 37.1 Å². The van der Waals surface area contributed by atoms with Crippen molar-refractivity contribution >= 4 is 23.7 Å². The summed E-state index contributed by atoms with van der Waals surface area (Å²) in [6.45, 7) is 0.153. The highest BCUT2D eigenvalue weighted by atomic mass is 19.4. The first kappa shape index (κ1) is 18.0. The predicted octanol–water partition coefficient (Wildman–Crippen LogP) is 2.21. The predicted molar refractivity (Wildman–Crippen MR) is 85.2 cm³/mol. The van der Waals surface area contributed by atoms with Crippen LogP contribution in [-0.2, 0) is 11.0 Å². The molecule has 1 aliphatic carbocycles. The molecule has 0 bridgehead atoms. The largest absolute Gasteiger partial charge is 0.416 e. The summed E-state index contributed by atoms with van der Waals surface area (Å²) in [5.41, 5.74) is -1.60. The lowest BCUT2D eigenvalue weighted by atomic mass is 9.87. The number of rotatable bonds is 3. The van der Waals surface area contributed by atoms with E-state index in [1.54, 1.807) is 0 Å². The number of imide groups is 1. The third-order valence-corrected chi connectivity index (χ3v) is 4.77. The minimum Gasteiger partial charge on any atom is -0.337 e. The highest BCUT2D eigenvalue weighted by molar-refractivity contribution is 6.07. The van der Waals surface area contributed by atoms with E-state index in [0.29, 0.717) is 12.8 Å². The second kappa shape index (κ2) is 6.50. The number of halogens is 3. The van der Waals surface area contributed by atoms with Gasteiger partial charge < -0.3 is 16.0 Å². The normalized spacial score (nSPS) is 25.1. The van der Waals surface area contributed by atoms with E-state index in [2.05, 4.69) is 21.3 Å². The maximum absolute atomic E-state index is 12.5. The molecule has 2 aliphatic rings. The lowest BCUT2D eigenvalue weighted by Gasteiger charge is -2.28. The third-order valence-electron chi connectivity index (χ3n) is 4.77. The SMILES string of the molecule is O=C(NCC1CCCC12NC(=O)NC2=O)Nc1ccc(C(F)(F)F)cc1. The fourth-order valence-electron chi connectivity index (χ4n) is 3.46. The number of amides is 5. The van der Waals surface area contributed by atoms with Gasteiger partial charge in [0.15, 0.2) is 0 Å². The van der Waals surface area contributed by atoms with Crippen LogP contribution in [0.2, 0.25) is 0 Å². The van der Waals surface area contributed by atoms with Gasteiger partial charge in [-0.15, -0.1) is 0 Å². The molecule has 5 amide bonds. The number of hydrogen-bond donors (Lipinski definition) is 4. The minimum atomic E-state index is -4.44. The van der Waals surface area contributed by atoms with E-state index in [4.69, 9.17) is 0 Å². The number of anilines is 1. The summed E-state index contributed by atoms with van der Waals surface area (Å²) < 4.78 is 37.6. The molecular weight excluding hydrogens is 353 g/mol. The molecule has 7 nitrogen and oxygen atoms in total. The quantitative estimate of drug-likeness (QED) is 0.614. The van der Waals surface area contributed by atoms with Crippen LogP contribution in [0.5, 0.6) is 0 Å². The molecule has 1 aromatic carbocycles. The smallest absolute Gasteiger partial charge is 0.337 e. The van der Waals surface area contributed by atoms with Crippen molar-refractivity contribution in [1.29, 1.82) is 0 Å². The molecule has 0 aromatic heterocycles. The maximum Gasteiger partial charge on any atom is 0.416 e. The van der Waals surface area contributed by atoms with Gasteiger partial charge in [-0.1, -0.05) is 6.42 Å². The van der Waals surface area contributed by atoms with Crippen LogP contribution in [0.15, 0.2) is 24.3 Å². The van der Waals surface area contributed by atoms with Crippen LogP contribution in [0.4, 0.5) is 28.4 Å². The number of benzene rings is 1. The van der Waals surface area contributed by atoms with Gasteiger partial charge in [0.05, 0.1) is 5.56 Å². The van der Waals surface area contributed by atoms with Crippen LogP contribution < -0.4 is 21.3 Å². The van der Waals surface area contributed by atoms with E-state index < -0.39 is 35.2 Å². The van der Waals surface area contributed by atoms with E-state index in [1.807, 2.05) is 0 Å². The highest BCUT2D eigenvalue weighted by Gasteiger charge is 2.54. The Hall–Kier alpha value is -2.78. The molecule has 1 saturated heterocycles. The summed E-state index contributed by atoms with van der Waals surface area (Å²) in [5.74, 6) is -0.651. The van der Waals surface area contributed by atoms with Gasteiger partial charge in [-0.3, -0.25) is 10.1 Å². The summed E-state index contributed by atoms with van der Waals surface area (Å²) >= 11 is 0. The molecule has 140 valence electrons. The van der Waals surface area contributed by atoms with Crippen LogP contribution in [-0.4, -0.2) is 30.1 Å². The van der Waals surface area contributed by atoms with Crippen LogP contribution in [0, 0.1) is 5.92 Å². The Morgan fingerprint density at radius 2 is 1.92 bits per heavy atom. The first-order chi connectivity index (χ1) is 12.2. The Bertz CT molecular complexity index is 735. The number of carbonyl (C=O) groups is 3. The average molecular weight is 370 g/mol. The average Bonchev–Trinajstić information content (AvgIpc) is 3.08. The molecule has 26 heavy (non-hydrogen) atoms. The minimum absolute atomic E-state index is 0.153. The molecule has 1 aliphatic heterocycles. The molecule has 1 saturated carbocycles. The van der Waals surface area contributed by atoms with Gasteiger partial charge in [0.25, 0.3) is 5.91 Å². The van der Waals surface area contributed by atoms with Crippen molar-refractivity contribution < 1.29 is 27.6 Å². The zero-order valence-electron chi connectivity index (χ0n) is 13.6. The Balaban J connectivity index is 1.56. The van der Waals surface area contributed by atoms with Crippen molar-refractivity contribution in [2.45, 2.75) is 31.0 Å². The molecule has 2 atom stereocenters. The number of carbonyl (C=O) groups excluding carboxylic acids is 3. The van der Waals surface area contributed by atoms with Crippen LogP contribution in [0.3, 0.4) is 0 Å². The van der Waals surface area contributed by atoms with Crippen LogP contribution in [0.1, 0.15) is 24.8 Å². The fraction of sp³-hybridized carbons (Fsp3) is 0.438. The van der Waals surface area contributed by atoms with Crippen LogP contribution in [0.25, 0.3) is 0 Å². The Morgan fingerprint density at radius 3 is 2.50 bits per heavy atom. The van der Waals surface area contributed by atoms with E-state index >= 15 is 0 Å². The number of hydrogen-bond acceptors (Lipinski definition) is 3. The van der Waals surface area contributed by atoms with Crippen molar-refractivity contribution in [3.8, 4) is 0 Å². The van der Waals surface area contributed by atoms with E-state index in [9.17, 15) is 27.6 Å². The molecule has 3 rings (SSSR count). The topological polar surface area (TPSA) is 99.3 Å². The van der Waals surface area contributed by atoms with Crippen molar-refractivity contribution in [3.63, 3.8) is 0 Å². The maximum atomic E-state index is 12.5. The molecule has 2 fully saturated rings. The van der Waals surface area contributed by atoms with E-state index in [1.165, 1.54) is 0 Å². The van der Waals surface area contributed by atoms with Crippen LogP contribution >= 0.6 is 0 Å². The van der Waals surface area contributed by atoms with Gasteiger partial charge in [-0.25, -0.2) is 9.59 Å². The number of alkyl halides is 3. The highest BCUT2D eigenvalue weighted by Crippen LogP contribution is 2.37. The summed E-state index contributed by atoms with van der Waals surface area (Å²) in [5, 5.41) is 9.90. The van der Waals surface area contributed by atoms with Crippen molar-refractivity contribution in [2.24, 2.45) is 5.92 Å². The lowest BCUT2D eigenvalue weighted by Crippen LogP contribution is -2.53. The zero-order valence-corrected chi connectivity index (χ0v) is 13.6. The van der Waals surface area contributed by atoms with Gasteiger partial charge in [0, 0.05) is 18.2 Å². The standard InChI is InChI=1S/C16H17F3N4O3/c17-16(18,19)9-3-5-11(6-4-9)21-13(25)20-8-10-2-1-7-15(10)12(24)22-14(26)23-15/h3-6,10H,1-2,7-8H2,(H2,20,21,25)(H2,22,23,24,26). The molecule has 2 unspecified atom stereocenters. The molecule has 10 heteroatoms. The lowest BCUT2D eigenvalue weighted by molar-refractivity contribution is -0.137. The third kappa shape index (κ3) is 3.44. The first-order valence-corrected chi connectivity index (χ1v) is 8.06. The monoisotopic (exact) mass is 370 g/mol. The summed E-state index contributed by atoms with van der Waals surface area (Å²) in [4.78, 5) is 35.4. The van der Waals surface area contributed by atoms with Crippen molar-refractivity contribution in [3.05, 3.63) is 29.8 Å². The Morgan fingerprint density at radius 1 is 1.23 bits per heavy atom. The second-order valence-electron chi connectivity index (χ2n) is 6.38. The second-order valence-corrected chi connectivity index (χ2v) is 6.38. The van der Waals surface area contributed by atoms with E-state index in [0.717, 1.165) is 30.7 Å². The van der Waals surface area contributed by atoms with Crippen molar-refractivity contribution in [1.82, 2.24) is 16.0 Å². The molecular formula is C16H17F3N4O3. The molecule has 0 radical (unpaired) electrons. The van der Waals surface area contributed by atoms with Gasteiger partial charge >= 0.3 is 18.2 Å². The van der Waals surface area contributed by atoms with Gasteiger partial charge in [0.2, 0.25) is 0 Å². The first-order valence-electron chi connectivity index (χ1n) is 8.06. The number of urea groups is 2. The molecule has 1 heterocycles. The fourth-order valence-corrected chi connectivity index (χ4v) is 3.46. The summed E-state index contributed by atoms with van der Waals surface area (Å²) in [6.07, 6.45) is -2.55. The molecule has 1 spiro atoms. The summed E-state index contributed by atoms with van der Waals surface area (Å²) in [7, 11) is 0.